The molecule has 0 amide bonds. The van der Waals surface area contributed by atoms with Gasteiger partial charge in [-0.25, -0.2) is 0 Å². The molecule has 0 spiro atoms. The smallest absolute Gasteiger partial charge is 0.0543 e. The van der Waals surface area contributed by atoms with E-state index in [2.05, 4.69) is 209 Å². The first-order chi connectivity index (χ1) is 27.3. The fourth-order valence-corrected chi connectivity index (χ4v) is 11.1. The lowest BCUT2D eigenvalue weighted by atomic mass is 9.82. The second-order valence-electron chi connectivity index (χ2n) is 16.4. The molecule has 0 N–H and O–H groups in total. The maximum absolute atomic E-state index is 2.57. The van der Waals surface area contributed by atoms with Gasteiger partial charge in [-0.2, -0.15) is 0 Å². The molecular weight excluding hydrogens is 695 g/mol. The summed E-state index contributed by atoms with van der Waals surface area (Å²) in [6.45, 7) is 9.49. The van der Waals surface area contributed by atoms with Crippen LogP contribution in [0.15, 0.2) is 176 Å². The lowest BCUT2D eigenvalue weighted by molar-refractivity contribution is 0.660. The Morgan fingerprint density at radius 1 is 0.357 bits per heavy atom. The zero-order valence-corrected chi connectivity index (χ0v) is 32.9. The van der Waals surface area contributed by atoms with Gasteiger partial charge in [0.25, 0.3) is 0 Å². The van der Waals surface area contributed by atoms with Gasteiger partial charge in [-0.05, 0) is 80.4 Å². The molecule has 1 heterocycles. The van der Waals surface area contributed by atoms with Crippen LogP contribution in [0.3, 0.4) is 0 Å². The molecule has 2 aliphatic carbocycles. The molecule has 9 aromatic rings. The summed E-state index contributed by atoms with van der Waals surface area (Å²) >= 11 is 1.88. The van der Waals surface area contributed by atoms with Gasteiger partial charge in [-0.3, -0.25) is 0 Å². The zero-order chi connectivity index (χ0) is 37.8. The third-order valence-corrected chi connectivity index (χ3v) is 13.8. The number of thiophene rings is 1. The standard InChI is InChI=1S/C54H41NS/c1-53(2)42-23-10-5-20-40(42)51-39(22-15-25-44(51)53)36-18-8-13-28-47(36)55(48-29-16-26-45-52(48)41-21-6-11-24-43(41)54(45,3)4)46-27-12-7-17-35(46)34-31-32-38-37-19-9-14-30-49(37)56-50(38)33-34/h5-33H,1-4H3. The first-order valence-electron chi connectivity index (χ1n) is 19.7. The van der Waals surface area contributed by atoms with Crippen molar-refractivity contribution in [3.05, 3.63) is 198 Å². The normalized spacial score (nSPS) is 14.4. The molecule has 2 heteroatoms. The molecule has 0 saturated heterocycles. The molecule has 11 rings (SSSR count). The molecule has 1 aromatic heterocycles. The average Bonchev–Trinajstić information content (AvgIpc) is 3.81. The van der Waals surface area contributed by atoms with E-state index in [4.69, 9.17) is 0 Å². The summed E-state index contributed by atoms with van der Waals surface area (Å²) in [7, 11) is 0. The third kappa shape index (κ3) is 4.66. The van der Waals surface area contributed by atoms with Crippen molar-refractivity contribution in [3.63, 3.8) is 0 Å². The highest BCUT2D eigenvalue weighted by Crippen LogP contribution is 2.57. The first kappa shape index (κ1) is 33.1. The maximum atomic E-state index is 2.57. The van der Waals surface area contributed by atoms with Crippen LogP contribution in [-0.4, -0.2) is 0 Å². The number of para-hydroxylation sites is 2. The second-order valence-corrected chi connectivity index (χ2v) is 17.5. The van der Waals surface area contributed by atoms with Gasteiger partial charge in [-0.1, -0.05) is 173 Å². The zero-order valence-electron chi connectivity index (χ0n) is 32.1. The minimum Gasteiger partial charge on any atom is -0.309 e. The van der Waals surface area contributed by atoms with Crippen molar-refractivity contribution in [1.82, 2.24) is 0 Å². The Morgan fingerprint density at radius 3 is 1.57 bits per heavy atom. The predicted molar refractivity (Wildman–Crippen MR) is 240 cm³/mol. The van der Waals surface area contributed by atoms with Gasteiger partial charge < -0.3 is 4.90 Å². The number of fused-ring (bicyclic) bond motifs is 9. The Labute approximate surface area is 333 Å². The van der Waals surface area contributed by atoms with Gasteiger partial charge in [0.05, 0.1) is 17.1 Å². The number of hydrogen-bond donors (Lipinski definition) is 0. The highest BCUT2D eigenvalue weighted by atomic mass is 32.1. The van der Waals surface area contributed by atoms with Crippen molar-refractivity contribution in [2.45, 2.75) is 38.5 Å². The molecule has 0 radical (unpaired) electrons. The van der Waals surface area contributed by atoms with Gasteiger partial charge in [0.15, 0.2) is 0 Å². The van der Waals surface area contributed by atoms with Crippen LogP contribution in [0.1, 0.15) is 49.9 Å². The van der Waals surface area contributed by atoms with E-state index in [1.165, 1.54) is 92.6 Å². The molecular formula is C54H41NS. The molecule has 0 bridgehead atoms. The fraction of sp³-hybridized carbons (Fsp3) is 0.111. The number of hydrogen-bond acceptors (Lipinski definition) is 2. The number of nitrogens with zero attached hydrogens (tertiary/aromatic N) is 1. The Balaban J connectivity index is 1.21. The molecule has 1 nitrogen and oxygen atoms in total. The minimum absolute atomic E-state index is 0.0933. The molecule has 0 fully saturated rings. The van der Waals surface area contributed by atoms with Crippen LogP contribution in [-0.2, 0) is 10.8 Å². The largest absolute Gasteiger partial charge is 0.309 e. The molecule has 268 valence electrons. The van der Waals surface area contributed by atoms with Crippen molar-refractivity contribution < 1.29 is 0 Å². The molecule has 0 atom stereocenters. The monoisotopic (exact) mass is 735 g/mol. The fourth-order valence-electron chi connectivity index (χ4n) is 9.99. The molecule has 0 aliphatic heterocycles. The van der Waals surface area contributed by atoms with Gasteiger partial charge in [-0.15, -0.1) is 11.3 Å². The number of rotatable bonds is 5. The Morgan fingerprint density at radius 2 is 0.839 bits per heavy atom. The topological polar surface area (TPSA) is 3.24 Å². The maximum Gasteiger partial charge on any atom is 0.0543 e. The Hall–Kier alpha value is -6.22. The first-order valence-corrected chi connectivity index (χ1v) is 20.5. The van der Waals surface area contributed by atoms with Crippen molar-refractivity contribution >= 4 is 48.6 Å². The van der Waals surface area contributed by atoms with E-state index in [-0.39, 0.29) is 10.8 Å². The van der Waals surface area contributed by atoms with E-state index in [1.54, 1.807) is 0 Å². The molecule has 8 aromatic carbocycles. The van der Waals surface area contributed by atoms with Crippen LogP contribution in [0, 0.1) is 0 Å². The summed E-state index contributed by atoms with van der Waals surface area (Å²) in [5.74, 6) is 0. The van der Waals surface area contributed by atoms with Gasteiger partial charge in [0, 0.05) is 47.7 Å². The summed E-state index contributed by atoms with van der Waals surface area (Å²) in [5, 5.41) is 2.64. The van der Waals surface area contributed by atoms with E-state index in [1.807, 2.05) is 11.3 Å². The van der Waals surface area contributed by atoms with Crippen LogP contribution in [0.5, 0.6) is 0 Å². The number of benzene rings is 8. The summed E-state index contributed by atoms with van der Waals surface area (Å²) < 4.78 is 2.63. The Kier molecular flexibility index (Phi) is 7.18. The van der Waals surface area contributed by atoms with Crippen LogP contribution in [0.2, 0.25) is 0 Å². The van der Waals surface area contributed by atoms with E-state index < -0.39 is 0 Å². The van der Waals surface area contributed by atoms with Crippen molar-refractivity contribution in [2.24, 2.45) is 0 Å². The number of anilines is 3. The lowest BCUT2D eigenvalue weighted by Crippen LogP contribution is -2.16. The van der Waals surface area contributed by atoms with Gasteiger partial charge in [0.2, 0.25) is 0 Å². The lowest BCUT2D eigenvalue weighted by Gasteiger charge is -2.32. The SMILES string of the molecule is CC1(C)c2ccccc2-c2c(-c3ccccc3N(c3ccccc3-c3ccc4c(c3)sc3ccccc34)c3cccc4c3-c3ccccc3C4(C)C)cccc21. The predicted octanol–water partition coefficient (Wildman–Crippen LogP) is 15.5. The van der Waals surface area contributed by atoms with Crippen LogP contribution >= 0.6 is 11.3 Å². The summed E-state index contributed by atoms with van der Waals surface area (Å²) in [6, 6.07) is 65.8. The molecule has 2 aliphatic rings. The van der Waals surface area contributed by atoms with Gasteiger partial charge >= 0.3 is 0 Å². The van der Waals surface area contributed by atoms with E-state index in [0.29, 0.717) is 0 Å². The minimum atomic E-state index is -0.131. The van der Waals surface area contributed by atoms with E-state index in [0.717, 1.165) is 11.4 Å². The summed E-state index contributed by atoms with van der Waals surface area (Å²) in [6.07, 6.45) is 0. The van der Waals surface area contributed by atoms with Crippen LogP contribution < -0.4 is 4.90 Å². The molecule has 0 saturated carbocycles. The average molecular weight is 736 g/mol. The van der Waals surface area contributed by atoms with Crippen LogP contribution in [0.4, 0.5) is 17.1 Å². The summed E-state index contributed by atoms with van der Waals surface area (Å²) in [4.78, 5) is 2.57. The molecule has 56 heavy (non-hydrogen) atoms. The van der Waals surface area contributed by atoms with Crippen LogP contribution in [0.25, 0.3) is 64.7 Å². The Bertz CT molecular complexity index is 3050. The highest BCUT2D eigenvalue weighted by Gasteiger charge is 2.39. The molecule has 0 unspecified atom stereocenters. The summed E-state index contributed by atoms with van der Waals surface area (Å²) in [5.41, 5.74) is 19.0. The third-order valence-electron chi connectivity index (χ3n) is 12.7. The quantitative estimate of drug-likeness (QED) is 0.170. The highest BCUT2D eigenvalue weighted by molar-refractivity contribution is 7.25. The van der Waals surface area contributed by atoms with E-state index >= 15 is 0 Å². The van der Waals surface area contributed by atoms with Gasteiger partial charge in [0.1, 0.15) is 0 Å². The van der Waals surface area contributed by atoms with E-state index in [9.17, 15) is 0 Å². The van der Waals surface area contributed by atoms with Crippen molar-refractivity contribution in [1.29, 1.82) is 0 Å². The van der Waals surface area contributed by atoms with Crippen molar-refractivity contribution in [3.8, 4) is 44.5 Å². The second kappa shape index (κ2) is 12.1. The van der Waals surface area contributed by atoms with Crippen molar-refractivity contribution in [2.75, 3.05) is 4.90 Å².